The molecule has 20 heavy (non-hydrogen) atoms. The number of anilines is 1. The van der Waals surface area contributed by atoms with Gasteiger partial charge in [-0.2, -0.15) is 0 Å². The van der Waals surface area contributed by atoms with Crippen molar-refractivity contribution >= 4 is 27.5 Å². The van der Waals surface area contributed by atoms with Gasteiger partial charge in [0.2, 0.25) is 5.91 Å². The molecule has 1 atom stereocenters. The summed E-state index contributed by atoms with van der Waals surface area (Å²) in [5.41, 5.74) is 7.62. The summed E-state index contributed by atoms with van der Waals surface area (Å²) in [6.07, 6.45) is 2.42. The van der Waals surface area contributed by atoms with E-state index in [0.29, 0.717) is 24.8 Å². The summed E-state index contributed by atoms with van der Waals surface area (Å²) in [4.78, 5) is 12.0. The van der Waals surface area contributed by atoms with E-state index in [1.807, 2.05) is 25.1 Å². The van der Waals surface area contributed by atoms with Crippen LogP contribution in [0.25, 0.3) is 0 Å². The lowest BCUT2D eigenvalue weighted by molar-refractivity contribution is -0.116. The molecule has 1 aromatic rings. The molecule has 0 aliphatic carbocycles. The van der Waals surface area contributed by atoms with Crippen molar-refractivity contribution in [2.45, 2.75) is 40.0 Å². The van der Waals surface area contributed by atoms with Gasteiger partial charge in [0, 0.05) is 10.9 Å². The first-order valence-electron chi connectivity index (χ1n) is 7.20. The van der Waals surface area contributed by atoms with Crippen LogP contribution in [-0.2, 0) is 4.79 Å². The summed E-state index contributed by atoms with van der Waals surface area (Å²) < 4.78 is 0.924. The van der Waals surface area contributed by atoms with Gasteiger partial charge in [-0.15, -0.1) is 0 Å². The molecule has 0 saturated heterocycles. The van der Waals surface area contributed by atoms with Crippen molar-refractivity contribution in [1.29, 1.82) is 0 Å². The highest BCUT2D eigenvalue weighted by molar-refractivity contribution is 9.10. The number of carbonyl (C=O) groups is 1. The number of aryl methyl sites for hydroxylation is 1. The van der Waals surface area contributed by atoms with Crippen LogP contribution < -0.4 is 11.1 Å². The highest BCUT2D eigenvalue weighted by atomic mass is 79.9. The second kappa shape index (κ2) is 8.42. The molecule has 1 aromatic carbocycles. The summed E-state index contributed by atoms with van der Waals surface area (Å²) >= 11 is 3.47. The Morgan fingerprint density at radius 3 is 2.60 bits per heavy atom. The fourth-order valence-electron chi connectivity index (χ4n) is 2.28. The van der Waals surface area contributed by atoms with Gasteiger partial charge in [-0.05, 0) is 71.8 Å². The predicted molar refractivity (Wildman–Crippen MR) is 88.7 cm³/mol. The van der Waals surface area contributed by atoms with Crippen LogP contribution in [0.4, 0.5) is 5.69 Å². The molecule has 4 heteroatoms. The topological polar surface area (TPSA) is 55.1 Å². The number of rotatable bonds is 7. The number of benzene rings is 1. The largest absolute Gasteiger partial charge is 0.330 e. The van der Waals surface area contributed by atoms with Crippen molar-refractivity contribution in [1.82, 2.24) is 0 Å². The molecule has 0 spiro atoms. The van der Waals surface area contributed by atoms with Crippen LogP contribution >= 0.6 is 15.9 Å². The minimum absolute atomic E-state index is 0.0669. The Hall–Kier alpha value is -0.870. The van der Waals surface area contributed by atoms with E-state index in [1.54, 1.807) is 0 Å². The minimum atomic E-state index is 0.0669. The Morgan fingerprint density at radius 2 is 2.05 bits per heavy atom. The second-order valence-electron chi connectivity index (χ2n) is 5.65. The van der Waals surface area contributed by atoms with Crippen molar-refractivity contribution in [3.63, 3.8) is 0 Å². The molecule has 3 N–H and O–H groups in total. The third-order valence-electron chi connectivity index (χ3n) is 3.62. The Balaban J connectivity index is 2.51. The molecule has 0 fully saturated rings. The second-order valence-corrected chi connectivity index (χ2v) is 6.51. The van der Waals surface area contributed by atoms with Crippen LogP contribution in [0, 0.1) is 18.8 Å². The molecule has 112 valence electrons. The summed E-state index contributed by atoms with van der Waals surface area (Å²) in [6, 6.07) is 5.92. The highest BCUT2D eigenvalue weighted by Crippen LogP contribution is 2.25. The summed E-state index contributed by atoms with van der Waals surface area (Å²) in [5.74, 6) is 1.15. The lowest BCUT2D eigenvalue weighted by atomic mass is 9.88. The fourth-order valence-corrected chi connectivity index (χ4v) is 2.87. The van der Waals surface area contributed by atoms with Gasteiger partial charge < -0.3 is 11.1 Å². The Morgan fingerprint density at radius 1 is 1.35 bits per heavy atom. The van der Waals surface area contributed by atoms with Crippen LogP contribution in [0.5, 0.6) is 0 Å². The zero-order valence-corrected chi connectivity index (χ0v) is 14.2. The number of carbonyl (C=O) groups excluding carboxylic acids is 1. The van der Waals surface area contributed by atoms with E-state index in [-0.39, 0.29) is 5.91 Å². The van der Waals surface area contributed by atoms with Gasteiger partial charge in [-0.1, -0.05) is 19.9 Å². The maximum absolute atomic E-state index is 12.0. The SMILES string of the molecule is Cc1ccc(NC(=O)CCC(CCN)C(C)C)c(Br)c1. The molecule has 1 amide bonds. The maximum Gasteiger partial charge on any atom is 0.224 e. The van der Waals surface area contributed by atoms with Crippen molar-refractivity contribution in [3.05, 3.63) is 28.2 Å². The molecule has 0 radical (unpaired) electrons. The highest BCUT2D eigenvalue weighted by Gasteiger charge is 2.15. The van der Waals surface area contributed by atoms with Crippen LogP contribution in [0.1, 0.15) is 38.7 Å². The Labute approximate surface area is 130 Å². The number of nitrogens with two attached hydrogens (primary N) is 1. The molecular formula is C16H25BrN2O. The van der Waals surface area contributed by atoms with Crippen LogP contribution in [0.15, 0.2) is 22.7 Å². The van der Waals surface area contributed by atoms with Gasteiger partial charge in [0.25, 0.3) is 0 Å². The first-order valence-corrected chi connectivity index (χ1v) is 7.99. The molecule has 0 aliphatic rings. The van der Waals surface area contributed by atoms with E-state index < -0.39 is 0 Å². The fraction of sp³-hybridized carbons (Fsp3) is 0.562. The standard InChI is InChI=1S/C16H25BrN2O/c1-11(2)13(8-9-18)5-7-16(20)19-15-6-4-12(3)10-14(15)17/h4,6,10-11,13H,5,7-9,18H2,1-3H3,(H,19,20). The molecule has 0 aromatic heterocycles. The molecular weight excluding hydrogens is 316 g/mol. The first-order chi connectivity index (χ1) is 9.43. The Kier molecular flexibility index (Phi) is 7.24. The summed E-state index contributed by atoms with van der Waals surface area (Å²) in [5, 5.41) is 2.96. The van der Waals surface area contributed by atoms with Gasteiger partial charge in [-0.25, -0.2) is 0 Å². The maximum atomic E-state index is 12.0. The van der Waals surface area contributed by atoms with Crippen LogP contribution in [0.3, 0.4) is 0 Å². The smallest absolute Gasteiger partial charge is 0.224 e. The first kappa shape index (κ1) is 17.2. The third-order valence-corrected chi connectivity index (χ3v) is 4.28. The quantitative estimate of drug-likeness (QED) is 0.785. The summed E-state index contributed by atoms with van der Waals surface area (Å²) in [6.45, 7) is 7.09. The molecule has 0 heterocycles. The lowest BCUT2D eigenvalue weighted by Crippen LogP contribution is -2.18. The van der Waals surface area contributed by atoms with Gasteiger partial charge >= 0.3 is 0 Å². The number of amides is 1. The van der Waals surface area contributed by atoms with Crippen LogP contribution in [-0.4, -0.2) is 12.5 Å². The molecule has 1 rings (SSSR count). The van der Waals surface area contributed by atoms with Crippen molar-refractivity contribution in [2.75, 3.05) is 11.9 Å². The number of hydrogen-bond donors (Lipinski definition) is 2. The normalized spacial score (nSPS) is 12.5. The molecule has 0 bridgehead atoms. The summed E-state index contributed by atoms with van der Waals surface area (Å²) in [7, 11) is 0. The zero-order valence-electron chi connectivity index (χ0n) is 12.6. The minimum Gasteiger partial charge on any atom is -0.330 e. The van der Waals surface area contributed by atoms with E-state index in [1.165, 1.54) is 0 Å². The number of halogens is 1. The molecule has 1 unspecified atom stereocenters. The average Bonchev–Trinajstić information content (AvgIpc) is 2.37. The van der Waals surface area contributed by atoms with Crippen molar-refractivity contribution in [2.24, 2.45) is 17.6 Å². The van der Waals surface area contributed by atoms with Crippen LogP contribution in [0.2, 0.25) is 0 Å². The number of nitrogens with one attached hydrogen (secondary N) is 1. The lowest BCUT2D eigenvalue weighted by Gasteiger charge is -2.19. The van der Waals surface area contributed by atoms with Gasteiger partial charge in [0.1, 0.15) is 0 Å². The van der Waals surface area contributed by atoms with Gasteiger partial charge in [0.05, 0.1) is 5.69 Å². The van der Waals surface area contributed by atoms with Crippen molar-refractivity contribution in [3.8, 4) is 0 Å². The molecule has 0 aliphatic heterocycles. The van der Waals surface area contributed by atoms with E-state index in [9.17, 15) is 4.79 Å². The monoisotopic (exact) mass is 340 g/mol. The van der Waals surface area contributed by atoms with E-state index >= 15 is 0 Å². The van der Waals surface area contributed by atoms with E-state index in [0.717, 1.165) is 28.6 Å². The van der Waals surface area contributed by atoms with E-state index in [4.69, 9.17) is 5.73 Å². The third kappa shape index (κ3) is 5.63. The predicted octanol–water partition coefficient (Wildman–Crippen LogP) is 4.10. The van der Waals surface area contributed by atoms with Crippen molar-refractivity contribution < 1.29 is 4.79 Å². The average molecular weight is 341 g/mol. The van der Waals surface area contributed by atoms with Gasteiger partial charge in [-0.3, -0.25) is 4.79 Å². The van der Waals surface area contributed by atoms with E-state index in [2.05, 4.69) is 35.1 Å². The zero-order chi connectivity index (χ0) is 15.1. The molecule has 0 saturated carbocycles. The Bertz CT molecular complexity index is 446. The molecule has 3 nitrogen and oxygen atoms in total. The number of hydrogen-bond acceptors (Lipinski definition) is 2. The van der Waals surface area contributed by atoms with Gasteiger partial charge in [0.15, 0.2) is 0 Å².